The number of hydrogen-bond donors (Lipinski definition) is 3. The Morgan fingerprint density at radius 1 is 0.964 bits per heavy atom. The lowest BCUT2D eigenvalue weighted by Gasteiger charge is -2.25. The molecule has 9 nitrogen and oxygen atoms in total. The molecule has 0 spiro atoms. The molecule has 1 heterocycles. The zero-order valence-electron chi connectivity index (χ0n) is 14.8. The summed E-state index contributed by atoms with van der Waals surface area (Å²) in [4.78, 5) is 23.9. The molecule has 1 aliphatic heterocycles. The fourth-order valence-electron chi connectivity index (χ4n) is 2.42. The van der Waals surface area contributed by atoms with Crippen LogP contribution in [0.1, 0.15) is 5.56 Å². The number of carbonyl (C=O) groups is 2. The molecule has 2 aromatic rings. The number of ether oxygens (including phenoxy) is 2. The van der Waals surface area contributed by atoms with Crippen LogP contribution >= 0.6 is 0 Å². The summed E-state index contributed by atoms with van der Waals surface area (Å²) >= 11 is 0. The fourth-order valence-corrected chi connectivity index (χ4v) is 3.51. The number of benzene rings is 2. The summed E-state index contributed by atoms with van der Waals surface area (Å²) in [6, 6.07) is 15.5. The van der Waals surface area contributed by atoms with Crippen LogP contribution in [0, 0.1) is 0 Å². The first kappa shape index (κ1) is 19.6. The molecule has 1 aliphatic rings. The molecule has 0 saturated carbocycles. The van der Waals surface area contributed by atoms with E-state index in [0.29, 0.717) is 17.1 Å². The maximum atomic E-state index is 12.1. The maximum Gasteiger partial charge on any atom is 0.283 e. The highest BCUT2D eigenvalue weighted by Gasteiger charge is 2.27. The molecule has 0 unspecified atom stereocenters. The van der Waals surface area contributed by atoms with Gasteiger partial charge in [-0.15, -0.1) is 0 Å². The van der Waals surface area contributed by atoms with Gasteiger partial charge in [-0.25, -0.2) is 13.1 Å². The molecular formula is C18H19N3O6S. The monoisotopic (exact) mass is 405 g/mol. The Labute approximate surface area is 162 Å². The Hall–Kier alpha value is -3.11. The second-order valence-corrected chi connectivity index (χ2v) is 7.77. The molecule has 28 heavy (non-hydrogen) atoms. The Morgan fingerprint density at radius 2 is 1.64 bits per heavy atom. The largest absolute Gasteiger partial charge is 0.485 e. The molecule has 0 bridgehead atoms. The highest BCUT2D eigenvalue weighted by atomic mass is 32.2. The molecule has 0 fully saturated rings. The van der Waals surface area contributed by atoms with E-state index in [4.69, 9.17) is 9.47 Å². The average molecular weight is 405 g/mol. The molecule has 0 aromatic heterocycles. The summed E-state index contributed by atoms with van der Waals surface area (Å²) in [5.41, 5.74) is 4.93. The minimum absolute atomic E-state index is 0.0115. The first-order valence-corrected chi connectivity index (χ1v) is 10.1. The minimum atomic E-state index is -3.69. The van der Waals surface area contributed by atoms with Crippen LogP contribution in [-0.4, -0.2) is 39.5 Å². The highest BCUT2D eigenvalue weighted by molar-refractivity contribution is 7.88. The van der Waals surface area contributed by atoms with Gasteiger partial charge in [0.1, 0.15) is 6.61 Å². The van der Waals surface area contributed by atoms with Crippen molar-refractivity contribution in [2.75, 3.05) is 13.2 Å². The minimum Gasteiger partial charge on any atom is -0.485 e. The molecule has 0 aliphatic carbocycles. The van der Waals surface area contributed by atoms with Crippen LogP contribution in [0.4, 0.5) is 0 Å². The number of fused-ring (bicyclic) bond motifs is 1. The number of para-hydroxylation sites is 2. The second-order valence-electron chi connectivity index (χ2n) is 5.97. The zero-order valence-corrected chi connectivity index (χ0v) is 15.6. The number of hydrazine groups is 1. The molecule has 0 radical (unpaired) electrons. The van der Waals surface area contributed by atoms with Crippen molar-refractivity contribution in [2.24, 2.45) is 0 Å². The van der Waals surface area contributed by atoms with Gasteiger partial charge in [-0.3, -0.25) is 20.4 Å². The normalized spacial score (nSPS) is 15.5. The van der Waals surface area contributed by atoms with Gasteiger partial charge in [0.05, 0.1) is 12.3 Å². The molecule has 148 valence electrons. The Balaban J connectivity index is 1.42. The standard InChI is InChI=1S/C18H19N3O6S/c22-17(10-19-28(24,25)12-13-6-2-1-3-7-13)20-21-18(23)16-11-26-14-8-4-5-9-15(14)27-16/h1-9,16,19H,10-12H2,(H,20,22)(H,21,23)/t16-/m1/s1. The van der Waals surface area contributed by atoms with Crippen LogP contribution in [0.15, 0.2) is 54.6 Å². The molecule has 0 saturated heterocycles. The van der Waals surface area contributed by atoms with E-state index in [1.165, 1.54) is 0 Å². The summed E-state index contributed by atoms with van der Waals surface area (Å²) in [5.74, 6) is -0.630. The number of sulfonamides is 1. The van der Waals surface area contributed by atoms with Crippen molar-refractivity contribution in [3.05, 3.63) is 60.2 Å². The number of rotatable bonds is 6. The summed E-state index contributed by atoms with van der Waals surface area (Å²) < 4.78 is 37.1. The van der Waals surface area contributed by atoms with E-state index in [1.54, 1.807) is 54.6 Å². The van der Waals surface area contributed by atoms with Crippen LogP contribution in [0.25, 0.3) is 0 Å². The van der Waals surface area contributed by atoms with Gasteiger partial charge in [-0.05, 0) is 17.7 Å². The van der Waals surface area contributed by atoms with Gasteiger partial charge in [0.15, 0.2) is 11.5 Å². The molecule has 2 amide bonds. The number of amides is 2. The number of hydrogen-bond acceptors (Lipinski definition) is 6. The topological polar surface area (TPSA) is 123 Å². The van der Waals surface area contributed by atoms with Crippen LogP contribution in [0.3, 0.4) is 0 Å². The van der Waals surface area contributed by atoms with Gasteiger partial charge in [0.2, 0.25) is 16.1 Å². The first-order chi connectivity index (χ1) is 13.4. The third-order valence-electron chi connectivity index (χ3n) is 3.78. The highest BCUT2D eigenvalue weighted by Crippen LogP contribution is 2.30. The molecule has 10 heteroatoms. The van der Waals surface area contributed by atoms with E-state index in [0.717, 1.165) is 0 Å². The SMILES string of the molecule is O=C(CNS(=O)(=O)Cc1ccccc1)NNC(=O)[C@H]1COc2ccccc2O1. The van der Waals surface area contributed by atoms with Gasteiger partial charge in [-0.2, -0.15) is 0 Å². The van der Waals surface area contributed by atoms with Crippen molar-refractivity contribution in [1.29, 1.82) is 0 Å². The van der Waals surface area contributed by atoms with Crippen LogP contribution in [0.5, 0.6) is 11.5 Å². The van der Waals surface area contributed by atoms with E-state index in [-0.39, 0.29) is 12.4 Å². The zero-order chi connectivity index (χ0) is 20.0. The summed E-state index contributed by atoms with van der Waals surface area (Å²) in [6.45, 7) is -0.525. The van der Waals surface area contributed by atoms with E-state index in [1.807, 2.05) is 0 Å². The van der Waals surface area contributed by atoms with E-state index >= 15 is 0 Å². The number of nitrogens with one attached hydrogen (secondary N) is 3. The van der Waals surface area contributed by atoms with Crippen molar-refractivity contribution >= 4 is 21.8 Å². The van der Waals surface area contributed by atoms with Gasteiger partial charge >= 0.3 is 0 Å². The van der Waals surface area contributed by atoms with Crippen molar-refractivity contribution < 1.29 is 27.5 Å². The lowest BCUT2D eigenvalue weighted by Crippen LogP contribution is -2.52. The quantitative estimate of drug-likeness (QED) is 0.586. The lowest BCUT2D eigenvalue weighted by molar-refractivity contribution is -0.134. The first-order valence-electron chi connectivity index (χ1n) is 8.41. The maximum absolute atomic E-state index is 12.1. The van der Waals surface area contributed by atoms with Crippen molar-refractivity contribution in [3.8, 4) is 11.5 Å². The predicted molar refractivity (Wildman–Crippen MR) is 99.7 cm³/mol. The third kappa shape index (κ3) is 5.44. The lowest BCUT2D eigenvalue weighted by atomic mass is 10.2. The van der Waals surface area contributed by atoms with Gasteiger partial charge in [0.25, 0.3) is 11.8 Å². The van der Waals surface area contributed by atoms with E-state index < -0.39 is 34.5 Å². The fraction of sp³-hybridized carbons (Fsp3) is 0.222. The third-order valence-corrected chi connectivity index (χ3v) is 5.08. The van der Waals surface area contributed by atoms with Crippen molar-refractivity contribution in [1.82, 2.24) is 15.6 Å². The predicted octanol–water partition coefficient (Wildman–Crippen LogP) is 0.0934. The van der Waals surface area contributed by atoms with E-state index in [2.05, 4.69) is 15.6 Å². The summed E-state index contributed by atoms with van der Waals surface area (Å²) in [7, 11) is -3.69. The molecule has 2 aromatic carbocycles. The molecular weight excluding hydrogens is 386 g/mol. The van der Waals surface area contributed by atoms with Crippen molar-refractivity contribution in [3.63, 3.8) is 0 Å². The smallest absolute Gasteiger partial charge is 0.283 e. The van der Waals surface area contributed by atoms with E-state index in [9.17, 15) is 18.0 Å². The summed E-state index contributed by atoms with van der Waals surface area (Å²) in [5, 5.41) is 0. The summed E-state index contributed by atoms with van der Waals surface area (Å²) in [6.07, 6.45) is -0.940. The van der Waals surface area contributed by atoms with Gasteiger partial charge < -0.3 is 9.47 Å². The van der Waals surface area contributed by atoms with Crippen LogP contribution < -0.4 is 25.0 Å². The van der Waals surface area contributed by atoms with Crippen molar-refractivity contribution in [2.45, 2.75) is 11.9 Å². The van der Waals surface area contributed by atoms with Gasteiger partial charge in [0, 0.05) is 0 Å². The molecule has 1 atom stereocenters. The molecule has 3 N–H and O–H groups in total. The Bertz CT molecular complexity index is 949. The average Bonchev–Trinajstić information content (AvgIpc) is 2.70. The Morgan fingerprint density at radius 3 is 2.39 bits per heavy atom. The second kappa shape index (κ2) is 8.72. The van der Waals surface area contributed by atoms with Gasteiger partial charge in [-0.1, -0.05) is 42.5 Å². The van der Waals surface area contributed by atoms with Crippen LogP contribution in [0.2, 0.25) is 0 Å². The number of carbonyl (C=O) groups excluding carboxylic acids is 2. The van der Waals surface area contributed by atoms with Crippen LogP contribution in [-0.2, 0) is 25.4 Å². The Kier molecular flexibility index (Phi) is 6.12. The molecule has 3 rings (SSSR count).